The van der Waals surface area contributed by atoms with Gasteiger partial charge in [0.2, 0.25) is 0 Å². The fraction of sp³-hybridized carbons (Fsp3) is 0.889. The molecule has 0 aliphatic carbocycles. The van der Waals surface area contributed by atoms with Gasteiger partial charge in [0.1, 0.15) is 0 Å². The Morgan fingerprint density at radius 2 is 1.32 bits per heavy atom. The molecule has 2 N–H and O–H groups in total. The molecule has 0 aliphatic heterocycles. The third-order valence-corrected chi connectivity index (χ3v) is 4.01. The number of unbranched alkanes of at least 4 members (excludes halogenated alkanes) is 8. The predicted molar refractivity (Wildman–Crippen MR) is 88.4 cm³/mol. The molecule has 19 heavy (non-hydrogen) atoms. The van der Waals surface area contributed by atoms with E-state index < -0.39 is 0 Å². The summed E-state index contributed by atoms with van der Waals surface area (Å²) in [6.07, 6.45) is 20.9. The number of hydrogen-bond donors (Lipinski definition) is 1. The van der Waals surface area contributed by atoms with Crippen LogP contribution in [0.3, 0.4) is 0 Å². The second kappa shape index (κ2) is 15.8. The highest BCUT2D eigenvalue weighted by Gasteiger charge is 1.96. The Kier molecular flexibility index (Phi) is 15.5. The molecule has 0 saturated heterocycles. The first kappa shape index (κ1) is 18.7. The SMILES string of the molecule is CCC(C)CCCC/C=C\CCCCCCCCN. The monoisotopic (exact) mass is 267 g/mol. The smallest absolute Gasteiger partial charge is 0.00773 e. The van der Waals surface area contributed by atoms with E-state index in [1.165, 1.54) is 77.0 Å². The summed E-state index contributed by atoms with van der Waals surface area (Å²) in [6, 6.07) is 0. The molecule has 0 radical (unpaired) electrons. The van der Waals surface area contributed by atoms with Crippen molar-refractivity contribution in [2.24, 2.45) is 11.7 Å². The predicted octanol–water partition coefficient (Wildman–Crippen LogP) is 5.84. The van der Waals surface area contributed by atoms with Crippen molar-refractivity contribution in [3.63, 3.8) is 0 Å². The lowest BCUT2D eigenvalue weighted by Crippen LogP contribution is -1.97. The molecule has 0 amide bonds. The van der Waals surface area contributed by atoms with Gasteiger partial charge in [-0.3, -0.25) is 0 Å². The fourth-order valence-corrected chi connectivity index (χ4v) is 2.31. The van der Waals surface area contributed by atoms with Crippen LogP contribution < -0.4 is 5.73 Å². The summed E-state index contributed by atoms with van der Waals surface area (Å²) in [5, 5.41) is 0. The topological polar surface area (TPSA) is 26.0 Å². The van der Waals surface area contributed by atoms with Crippen LogP contribution in [0.25, 0.3) is 0 Å². The average Bonchev–Trinajstić information content (AvgIpc) is 2.43. The zero-order chi connectivity index (χ0) is 14.2. The number of allylic oxidation sites excluding steroid dienone is 2. The van der Waals surface area contributed by atoms with Crippen molar-refractivity contribution in [1.29, 1.82) is 0 Å². The van der Waals surface area contributed by atoms with Gasteiger partial charge in [0.05, 0.1) is 0 Å². The van der Waals surface area contributed by atoms with Gasteiger partial charge < -0.3 is 5.73 Å². The zero-order valence-corrected chi connectivity index (χ0v) is 13.5. The first-order chi connectivity index (χ1) is 9.31. The van der Waals surface area contributed by atoms with E-state index in [0.717, 1.165) is 12.5 Å². The summed E-state index contributed by atoms with van der Waals surface area (Å²) in [7, 11) is 0. The van der Waals surface area contributed by atoms with Crippen molar-refractivity contribution >= 4 is 0 Å². The lowest BCUT2D eigenvalue weighted by molar-refractivity contribution is 0.486. The van der Waals surface area contributed by atoms with Crippen LogP contribution in [0.1, 0.15) is 90.9 Å². The van der Waals surface area contributed by atoms with E-state index in [-0.39, 0.29) is 0 Å². The first-order valence-electron chi connectivity index (χ1n) is 8.66. The molecule has 0 aromatic rings. The molecule has 0 spiro atoms. The van der Waals surface area contributed by atoms with Crippen LogP contribution in [-0.2, 0) is 0 Å². The average molecular weight is 268 g/mol. The van der Waals surface area contributed by atoms with Crippen LogP contribution in [0.5, 0.6) is 0 Å². The number of hydrogen-bond acceptors (Lipinski definition) is 1. The molecule has 0 aromatic heterocycles. The van der Waals surface area contributed by atoms with Crippen molar-refractivity contribution in [2.45, 2.75) is 90.9 Å². The summed E-state index contributed by atoms with van der Waals surface area (Å²) < 4.78 is 0. The number of rotatable bonds is 14. The minimum atomic E-state index is 0.861. The van der Waals surface area contributed by atoms with E-state index in [1.807, 2.05) is 0 Å². The summed E-state index contributed by atoms with van der Waals surface area (Å²) >= 11 is 0. The second-order valence-corrected chi connectivity index (χ2v) is 5.97. The van der Waals surface area contributed by atoms with E-state index in [1.54, 1.807) is 0 Å². The Labute approximate surface area is 122 Å². The molecule has 1 unspecified atom stereocenters. The van der Waals surface area contributed by atoms with Gasteiger partial charge in [-0.15, -0.1) is 0 Å². The lowest BCUT2D eigenvalue weighted by Gasteiger charge is -2.06. The Hall–Kier alpha value is -0.300. The standard InChI is InChI=1S/C18H37N/c1-3-18(2)16-14-12-10-8-6-4-5-7-9-11-13-15-17-19/h6,8,18H,3-5,7,9-17,19H2,1-2H3/b8-6-. The van der Waals surface area contributed by atoms with E-state index in [0.29, 0.717) is 0 Å². The Morgan fingerprint density at radius 1 is 0.789 bits per heavy atom. The van der Waals surface area contributed by atoms with Gasteiger partial charge in [0.25, 0.3) is 0 Å². The van der Waals surface area contributed by atoms with Crippen LogP contribution >= 0.6 is 0 Å². The summed E-state index contributed by atoms with van der Waals surface area (Å²) in [6.45, 7) is 5.52. The maximum atomic E-state index is 5.47. The van der Waals surface area contributed by atoms with Gasteiger partial charge in [0.15, 0.2) is 0 Å². The molecular formula is C18H37N. The Morgan fingerprint density at radius 3 is 1.89 bits per heavy atom. The highest BCUT2D eigenvalue weighted by molar-refractivity contribution is 4.81. The highest BCUT2D eigenvalue weighted by Crippen LogP contribution is 2.12. The highest BCUT2D eigenvalue weighted by atomic mass is 14.5. The van der Waals surface area contributed by atoms with E-state index >= 15 is 0 Å². The third kappa shape index (κ3) is 15.6. The van der Waals surface area contributed by atoms with Crippen LogP contribution in [0.15, 0.2) is 12.2 Å². The van der Waals surface area contributed by atoms with E-state index in [4.69, 9.17) is 5.73 Å². The van der Waals surface area contributed by atoms with Gasteiger partial charge >= 0.3 is 0 Å². The molecule has 0 saturated carbocycles. The quantitative estimate of drug-likeness (QED) is 0.310. The van der Waals surface area contributed by atoms with Crippen molar-refractivity contribution in [2.75, 3.05) is 6.54 Å². The minimum Gasteiger partial charge on any atom is -0.330 e. The maximum absolute atomic E-state index is 5.47. The van der Waals surface area contributed by atoms with Crippen molar-refractivity contribution in [1.82, 2.24) is 0 Å². The normalized spacial score (nSPS) is 13.2. The van der Waals surface area contributed by atoms with Gasteiger partial charge in [0, 0.05) is 0 Å². The third-order valence-electron chi connectivity index (χ3n) is 4.01. The molecule has 0 heterocycles. The van der Waals surface area contributed by atoms with Crippen LogP contribution in [0, 0.1) is 5.92 Å². The van der Waals surface area contributed by atoms with Crippen molar-refractivity contribution in [3.8, 4) is 0 Å². The molecule has 1 atom stereocenters. The first-order valence-corrected chi connectivity index (χ1v) is 8.66. The largest absolute Gasteiger partial charge is 0.330 e. The molecule has 0 rings (SSSR count). The van der Waals surface area contributed by atoms with Gasteiger partial charge in [-0.1, -0.05) is 70.9 Å². The summed E-state index contributed by atoms with van der Waals surface area (Å²) in [5.41, 5.74) is 5.47. The zero-order valence-electron chi connectivity index (χ0n) is 13.5. The molecule has 1 nitrogen and oxygen atoms in total. The lowest BCUT2D eigenvalue weighted by atomic mass is 10.0. The van der Waals surface area contributed by atoms with Gasteiger partial charge in [-0.05, 0) is 44.6 Å². The molecule has 0 aliphatic rings. The van der Waals surface area contributed by atoms with E-state index in [9.17, 15) is 0 Å². The van der Waals surface area contributed by atoms with Crippen molar-refractivity contribution in [3.05, 3.63) is 12.2 Å². The Balaban J connectivity index is 3.09. The summed E-state index contributed by atoms with van der Waals surface area (Å²) in [5.74, 6) is 0.920. The fourth-order valence-electron chi connectivity index (χ4n) is 2.31. The minimum absolute atomic E-state index is 0.861. The maximum Gasteiger partial charge on any atom is -0.00773 e. The molecular weight excluding hydrogens is 230 g/mol. The van der Waals surface area contributed by atoms with Crippen LogP contribution in [0.2, 0.25) is 0 Å². The molecule has 0 aromatic carbocycles. The van der Waals surface area contributed by atoms with Gasteiger partial charge in [-0.25, -0.2) is 0 Å². The Bertz CT molecular complexity index is 186. The summed E-state index contributed by atoms with van der Waals surface area (Å²) in [4.78, 5) is 0. The number of nitrogens with two attached hydrogens (primary N) is 1. The second-order valence-electron chi connectivity index (χ2n) is 5.97. The molecule has 114 valence electrons. The molecule has 1 heteroatoms. The molecule has 0 fully saturated rings. The van der Waals surface area contributed by atoms with Gasteiger partial charge in [-0.2, -0.15) is 0 Å². The van der Waals surface area contributed by atoms with Crippen LogP contribution in [-0.4, -0.2) is 6.54 Å². The molecule has 0 bridgehead atoms. The van der Waals surface area contributed by atoms with E-state index in [2.05, 4.69) is 26.0 Å². The van der Waals surface area contributed by atoms with Crippen molar-refractivity contribution < 1.29 is 0 Å². The van der Waals surface area contributed by atoms with Crippen LogP contribution in [0.4, 0.5) is 0 Å².